The quantitative estimate of drug-likeness (QED) is 0.527. The van der Waals surface area contributed by atoms with Crippen molar-refractivity contribution >= 4 is 16.8 Å². The first-order valence-corrected chi connectivity index (χ1v) is 14.0. The lowest BCUT2D eigenvalue weighted by Gasteiger charge is -2.54. The molecule has 6 rings (SSSR count). The Bertz CT molecular complexity index is 1090. The van der Waals surface area contributed by atoms with Gasteiger partial charge in [-0.2, -0.15) is 0 Å². The number of ether oxygens (including phenoxy) is 1. The fourth-order valence-electron chi connectivity index (χ4n) is 7.72. The number of amides is 1. The minimum Gasteiger partial charge on any atom is -0.383 e. The molecule has 1 aliphatic carbocycles. The van der Waals surface area contributed by atoms with Crippen LogP contribution in [0.25, 0.3) is 10.9 Å². The van der Waals surface area contributed by atoms with Gasteiger partial charge in [0.15, 0.2) is 0 Å². The van der Waals surface area contributed by atoms with Crippen molar-refractivity contribution in [2.75, 3.05) is 33.4 Å². The number of likely N-dealkylation sites (tertiary alicyclic amines) is 1. The second-order valence-electron chi connectivity index (χ2n) is 11.3. The van der Waals surface area contributed by atoms with Gasteiger partial charge in [0, 0.05) is 56.3 Å². The molecule has 2 aromatic rings. The zero-order chi connectivity index (χ0) is 23.8. The van der Waals surface area contributed by atoms with Gasteiger partial charge >= 0.3 is 0 Å². The van der Waals surface area contributed by atoms with E-state index in [0.717, 1.165) is 44.3 Å². The first kappa shape index (κ1) is 23.3. The molecule has 1 aromatic carbocycles. The fourth-order valence-corrected chi connectivity index (χ4v) is 7.72. The molecule has 3 saturated heterocycles. The maximum absolute atomic E-state index is 13.6. The number of fused-ring (bicyclic) bond motifs is 7. The number of hydrogen-bond donors (Lipinski definition) is 0. The van der Waals surface area contributed by atoms with E-state index in [9.17, 15) is 4.79 Å². The molecule has 188 valence electrons. The van der Waals surface area contributed by atoms with E-state index in [1.807, 2.05) is 0 Å². The predicted molar refractivity (Wildman–Crippen MR) is 140 cm³/mol. The van der Waals surface area contributed by atoms with Gasteiger partial charge in [0.2, 0.25) is 5.91 Å². The molecular formula is C30H41N3O2. The van der Waals surface area contributed by atoms with E-state index in [1.165, 1.54) is 61.7 Å². The number of benzene rings is 1. The minimum absolute atomic E-state index is 0.367. The Hall–Kier alpha value is -2.11. The van der Waals surface area contributed by atoms with E-state index in [1.54, 1.807) is 12.7 Å². The third-order valence-corrected chi connectivity index (χ3v) is 9.22. The van der Waals surface area contributed by atoms with Crippen molar-refractivity contribution in [2.45, 2.75) is 76.4 Å². The Balaban J connectivity index is 1.13. The van der Waals surface area contributed by atoms with E-state index < -0.39 is 0 Å². The van der Waals surface area contributed by atoms with Crippen LogP contribution in [0.1, 0.15) is 56.9 Å². The minimum atomic E-state index is 0.367. The average Bonchev–Trinajstić information content (AvgIpc) is 3.24. The number of nitrogens with zero attached hydrogens (tertiary/aromatic N) is 3. The summed E-state index contributed by atoms with van der Waals surface area (Å²) in [4.78, 5) is 18.6. The normalized spacial score (nSPS) is 28.5. The van der Waals surface area contributed by atoms with E-state index in [2.05, 4.69) is 50.9 Å². The lowest BCUT2D eigenvalue weighted by atomic mass is 9.68. The van der Waals surface area contributed by atoms with Crippen LogP contribution in [0.3, 0.4) is 0 Å². The molecular weight excluding hydrogens is 434 g/mol. The molecule has 0 unspecified atom stereocenters. The smallest absolute Gasteiger partial charge is 0.223 e. The topological polar surface area (TPSA) is 37.7 Å². The molecule has 4 atom stereocenters. The van der Waals surface area contributed by atoms with E-state index in [4.69, 9.17) is 4.74 Å². The van der Waals surface area contributed by atoms with Crippen LogP contribution >= 0.6 is 0 Å². The molecule has 1 amide bonds. The van der Waals surface area contributed by atoms with E-state index in [-0.39, 0.29) is 0 Å². The first-order valence-electron chi connectivity index (χ1n) is 14.0. The van der Waals surface area contributed by atoms with Gasteiger partial charge in [-0.25, -0.2) is 0 Å². The summed E-state index contributed by atoms with van der Waals surface area (Å²) in [6.45, 7) is 4.99. The lowest BCUT2D eigenvalue weighted by molar-refractivity contribution is -0.136. The number of rotatable bonds is 7. The van der Waals surface area contributed by atoms with Gasteiger partial charge < -0.3 is 14.2 Å². The number of hydrogen-bond acceptors (Lipinski definition) is 3. The number of aryl methyl sites for hydroxylation is 1. The van der Waals surface area contributed by atoms with Crippen LogP contribution in [0.2, 0.25) is 0 Å². The third-order valence-electron chi connectivity index (χ3n) is 9.22. The van der Waals surface area contributed by atoms with Gasteiger partial charge in [-0.15, -0.1) is 0 Å². The van der Waals surface area contributed by atoms with Crippen molar-refractivity contribution in [3.8, 4) is 0 Å². The number of aromatic nitrogens is 1. The SMILES string of the molecule is COCCn1cc(CCCC(=O)N2CCCC3=C[C@H]4C[C@H](CN5CCCC[C@@H]45)[C@@H]32)c2ccccc21. The molecule has 4 aliphatic rings. The lowest BCUT2D eigenvalue weighted by Crippen LogP contribution is -2.60. The van der Waals surface area contributed by atoms with Crippen LogP contribution in [-0.4, -0.2) is 65.7 Å². The number of methoxy groups -OCH3 is 1. The second-order valence-corrected chi connectivity index (χ2v) is 11.3. The van der Waals surface area contributed by atoms with Crippen LogP contribution in [-0.2, 0) is 22.5 Å². The fraction of sp³-hybridized carbons (Fsp3) is 0.633. The van der Waals surface area contributed by atoms with Crippen molar-refractivity contribution in [3.05, 3.63) is 47.7 Å². The molecule has 0 radical (unpaired) electrons. The molecule has 0 N–H and O–H groups in total. The van der Waals surface area contributed by atoms with Crippen molar-refractivity contribution in [1.82, 2.24) is 14.4 Å². The highest BCUT2D eigenvalue weighted by molar-refractivity contribution is 5.84. The molecule has 0 spiro atoms. The number of carbonyl (C=O) groups is 1. The van der Waals surface area contributed by atoms with Gasteiger partial charge in [0.25, 0.3) is 0 Å². The Morgan fingerprint density at radius 2 is 2.06 bits per heavy atom. The van der Waals surface area contributed by atoms with Crippen LogP contribution in [0.5, 0.6) is 0 Å². The van der Waals surface area contributed by atoms with Crippen LogP contribution < -0.4 is 0 Å². The van der Waals surface area contributed by atoms with E-state index in [0.29, 0.717) is 30.9 Å². The summed E-state index contributed by atoms with van der Waals surface area (Å²) in [5.41, 5.74) is 4.21. The summed E-state index contributed by atoms with van der Waals surface area (Å²) in [6.07, 6.45) is 15.2. The number of para-hydroxylation sites is 1. The van der Waals surface area contributed by atoms with Gasteiger partial charge in [-0.05, 0) is 75.0 Å². The second kappa shape index (κ2) is 10.1. The molecule has 3 aliphatic heterocycles. The molecule has 0 saturated carbocycles. The number of carbonyl (C=O) groups excluding carboxylic acids is 1. The maximum Gasteiger partial charge on any atom is 0.223 e. The standard InChI is InChI=1S/C30H41N3O2/c1-35-17-16-32-20-23(26-10-2-3-12-28(26)32)8-6-13-29(34)33-15-7-9-22-18-24-19-25(30(22)33)21-31-14-5-4-11-27(24)31/h2-3,10,12,18,20,24-25,27,30H,4-9,11,13-17,19,21H2,1H3/t24-,25+,27-,30+/m0/s1. The Labute approximate surface area is 210 Å². The molecule has 5 heteroatoms. The van der Waals surface area contributed by atoms with Gasteiger partial charge in [0.1, 0.15) is 0 Å². The highest BCUT2D eigenvalue weighted by Gasteiger charge is 2.46. The zero-order valence-corrected chi connectivity index (χ0v) is 21.3. The van der Waals surface area contributed by atoms with Crippen molar-refractivity contribution in [3.63, 3.8) is 0 Å². The highest BCUT2D eigenvalue weighted by Crippen LogP contribution is 2.45. The zero-order valence-electron chi connectivity index (χ0n) is 21.3. The summed E-state index contributed by atoms with van der Waals surface area (Å²) in [6, 6.07) is 9.76. The molecule has 4 heterocycles. The Morgan fingerprint density at radius 3 is 2.97 bits per heavy atom. The van der Waals surface area contributed by atoms with Crippen molar-refractivity contribution in [2.24, 2.45) is 11.8 Å². The molecule has 2 bridgehead atoms. The molecule has 5 nitrogen and oxygen atoms in total. The average molecular weight is 476 g/mol. The predicted octanol–water partition coefficient (Wildman–Crippen LogP) is 5.03. The summed E-state index contributed by atoms with van der Waals surface area (Å²) in [5.74, 6) is 1.74. The van der Waals surface area contributed by atoms with Crippen LogP contribution in [0.4, 0.5) is 0 Å². The Morgan fingerprint density at radius 1 is 1.14 bits per heavy atom. The monoisotopic (exact) mass is 475 g/mol. The molecule has 1 aromatic heterocycles. The molecule has 3 fully saturated rings. The van der Waals surface area contributed by atoms with Gasteiger partial charge in [-0.1, -0.05) is 36.3 Å². The summed E-state index contributed by atoms with van der Waals surface area (Å²) in [5, 5.41) is 1.32. The van der Waals surface area contributed by atoms with Crippen molar-refractivity contribution < 1.29 is 9.53 Å². The Kier molecular flexibility index (Phi) is 6.72. The summed E-state index contributed by atoms with van der Waals surface area (Å²) >= 11 is 0. The van der Waals surface area contributed by atoms with Gasteiger partial charge in [0.05, 0.1) is 12.6 Å². The van der Waals surface area contributed by atoms with Crippen LogP contribution in [0, 0.1) is 11.8 Å². The van der Waals surface area contributed by atoms with E-state index >= 15 is 0 Å². The highest BCUT2D eigenvalue weighted by atomic mass is 16.5. The van der Waals surface area contributed by atoms with Gasteiger partial charge in [-0.3, -0.25) is 9.69 Å². The molecule has 35 heavy (non-hydrogen) atoms. The first-order chi connectivity index (χ1) is 17.2. The number of piperidine rings is 3. The van der Waals surface area contributed by atoms with Crippen LogP contribution in [0.15, 0.2) is 42.1 Å². The largest absolute Gasteiger partial charge is 0.383 e. The maximum atomic E-state index is 13.6. The third kappa shape index (κ3) is 4.46. The summed E-state index contributed by atoms with van der Waals surface area (Å²) in [7, 11) is 1.75. The summed E-state index contributed by atoms with van der Waals surface area (Å²) < 4.78 is 7.61. The van der Waals surface area contributed by atoms with Crippen molar-refractivity contribution in [1.29, 1.82) is 0 Å².